The molecule has 130 valence electrons. The van der Waals surface area contributed by atoms with Crippen molar-refractivity contribution in [2.24, 2.45) is 5.92 Å². The summed E-state index contributed by atoms with van der Waals surface area (Å²) in [7, 11) is 3.13. The van der Waals surface area contributed by atoms with Crippen molar-refractivity contribution in [3.63, 3.8) is 0 Å². The Balaban J connectivity index is 2.15. The van der Waals surface area contributed by atoms with Gasteiger partial charge >= 0.3 is 0 Å². The van der Waals surface area contributed by atoms with Gasteiger partial charge in [-0.3, -0.25) is 9.59 Å². The molecule has 0 bridgehead atoms. The fourth-order valence-electron chi connectivity index (χ4n) is 2.43. The fraction of sp³-hybridized carbons (Fsp3) is 0.444. The topological polar surface area (TPSA) is 67.9 Å². The number of hydrogen-bond donors (Lipinski definition) is 1. The molecule has 1 aliphatic rings. The Bertz CT molecular complexity index is 653. The highest BCUT2D eigenvalue weighted by atomic mass is 16.5. The number of amides is 2. The molecule has 0 aliphatic carbocycles. The minimum absolute atomic E-state index is 0.0182. The van der Waals surface area contributed by atoms with Gasteiger partial charge in [-0.2, -0.15) is 0 Å². The van der Waals surface area contributed by atoms with Crippen LogP contribution < -0.4 is 14.8 Å². The number of carbonyl (C=O) groups excluding carboxylic acids is 2. The molecule has 0 unspecified atom stereocenters. The van der Waals surface area contributed by atoms with E-state index in [1.807, 2.05) is 26.0 Å². The van der Waals surface area contributed by atoms with Crippen molar-refractivity contribution in [2.45, 2.75) is 20.3 Å². The first kappa shape index (κ1) is 17.8. The molecule has 0 radical (unpaired) electrons. The molecular weight excluding hydrogens is 308 g/mol. The van der Waals surface area contributed by atoms with Gasteiger partial charge in [0.05, 0.1) is 20.6 Å². The SMILES string of the molecule is COc1cc2c(cc1OC)CC(=O)N(CC(=O)NCC(C)C)C=C2. The zero-order valence-electron chi connectivity index (χ0n) is 14.6. The van der Waals surface area contributed by atoms with Crippen LogP contribution in [0.3, 0.4) is 0 Å². The number of fused-ring (bicyclic) bond motifs is 1. The van der Waals surface area contributed by atoms with Crippen molar-refractivity contribution in [3.05, 3.63) is 29.5 Å². The monoisotopic (exact) mass is 332 g/mol. The summed E-state index contributed by atoms with van der Waals surface area (Å²) < 4.78 is 10.6. The molecule has 0 spiro atoms. The lowest BCUT2D eigenvalue weighted by Crippen LogP contribution is -2.39. The lowest BCUT2D eigenvalue weighted by molar-refractivity contribution is -0.132. The van der Waals surface area contributed by atoms with Crippen LogP contribution in [-0.4, -0.2) is 44.0 Å². The minimum atomic E-state index is -0.164. The molecule has 1 heterocycles. The molecule has 2 amide bonds. The van der Waals surface area contributed by atoms with Crippen LogP contribution in [-0.2, 0) is 16.0 Å². The van der Waals surface area contributed by atoms with Crippen molar-refractivity contribution >= 4 is 17.9 Å². The predicted octanol–water partition coefficient (Wildman–Crippen LogP) is 1.83. The summed E-state index contributed by atoms with van der Waals surface area (Å²) in [6.07, 6.45) is 3.67. The first-order valence-corrected chi connectivity index (χ1v) is 7.93. The highest BCUT2D eigenvalue weighted by Crippen LogP contribution is 2.32. The Labute approximate surface area is 142 Å². The number of rotatable bonds is 6. The van der Waals surface area contributed by atoms with Gasteiger partial charge in [0, 0.05) is 12.7 Å². The van der Waals surface area contributed by atoms with E-state index in [4.69, 9.17) is 9.47 Å². The summed E-state index contributed by atoms with van der Waals surface area (Å²) in [5, 5.41) is 2.82. The van der Waals surface area contributed by atoms with E-state index >= 15 is 0 Å². The van der Waals surface area contributed by atoms with Crippen LogP contribution in [0, 0.1) is 5.92 Å². The Morgan fingerprint density at radius 2 is 1.92 bits per heavy atom. The summed E-state index contributed by atoms with van der Waals surface area (Å²) in [6.45, 7) is 4.66. The van der Waals surface area contributed by atoms with E-state index in [0.717, 1.165) is 11.1 Å². The molecule has 0 atom stereocenters. The summed E-state index contributed by atoms with van der Waals surface area (Å²) >= 11 is 0. The number of methoxy groups -OCH3 is 2. The van der Waals surface area contributed by atoms with Crippen LogP contribution in [0.2, 0.25) is 0 Å². The average Bonchev–Trinajstić information content (AvgIpc) is 2.70. The van der Waals surface area contributed by atoms with Crippen LogP contribution in [0.1, 0.15) is 25.0 Å². The number of benzene rings is 1. The first-order chi connectivity index (χ1) is 11.4. The Morgan fingerprint density at radius 1 is 1.25 bits per heavy atom. The van der Waals surface area contributed by atoms with Crippen molar-refractivity contribution in [2.75, 3.05) is 27.3 Å². The Kier molecular flexibility index (Phi) is 5.84. The molecule has 1 N–H and O–H groups in total. The van der Waals surface area contributed by atoms with Gasteiger partial charge in [0.25, 0.3) is 0 Å². The lowest BCUT2D eigenvalue weighted by atomic mass is 10.0. The summed E-state index contributed by atoms with van der Waals surface area (Å²) in [5.41, 5.74) is 1.73. The Hall–Kier alpha value is -2.50. The largest absolute Gasteiger partial charge is 0.493 e. The van der Waals surface area contributed by atoms with Crippen molar-refractivity contribution < 1.29 is 19.1 Å². The van der Waals surface area contributed by atoms with Gasteiger partial charge in [0.2, 0.25) is 11.8 Å². The summed E-state index contributed by atoms with van der Waals surface area (Å²) in [4.78, 5) is 25.8. The van der Waals surface area contributed by atoms with Crippen molar-refractivity contribution in [3.8, 4) is 11.5 Å². The van der Waals surface area contributed by atoms with E-state index in [9.17, 15) is 9.59 Å². The van der Waals surface area contributed by atoms with Crippen LogP contribution in [0.5, 0.6) is 11.5 Å². The molecule has 1 aromatic carbocycles. The molecule has 0 saturated carbocycles. The predicted molar refractivity (Wildman–Crippen MR) is 91.8 cm³/mol. The maximum atomic E-state index is 12.4. The number of nitrogens with zero attached hydrogens (tertiary/aromatic N) is 1. The molecule has 1 aromatic rings. The van der Waals surface area contributed by atoms with Gasteiger partial charge in [0.15, 0.2) is 11.5 Å². The van der Waals surface area contributed by atoms with Gasteiger partial charge in [-0.1, -0.05) is 13.8 Å². The standard InChI is InChI=1S/C18H24N2O4/c1-12(2)10-19-17(21)11-20-6-5-13-7-15(23-3)16(24-4)8-14(13)9-18(20)22/h5-8,12H,9-11H2,1-4H3,(H,19,21). The number of carbonyl (C=O) groups is 2. The van der Waals surface area contributed by atoms with Crippen molar-refractivity contribution in [1.29, 1.82) is 0 Å². The highest BCUT2D eigenvalue weighted by Gasteiger charge is 2.21. The van der Waals surface area contributed by atoms with E-state index in [-0.39, 0.29) is 24.8 Å². The second-order valence-electron chi connectivity index (χ2n) is 6.12. The maximum absolute atomic E-state index is 12.4. The summed E-state index contributed by atoms with van der Waals surface area (Å²) in [5.74, 6) is 1.27. The van der Waals surface area contributed by atoms with E-state index in [1.165, 1.54) is 4.90 Å². The van der Waals surface area contributed by atoms with Crippen LogP contribution in [0.15, 0.2) is 18.3 Å². The Morgan fingerprint density at radius 3 is 2.54 bits per heavy atom. The normalized spacial score (nSPS) is 13.5. The number of hydrogen-bond acceptors (Lipinski definition) is 4. The number of nitrogens with one attached hydrogen (secondary N) is 1. The average molecular weight is 332 g/mol. The van der Waals surface area contributed by atoms with Gasteiger partial charge in [-0.05, 0) is 35.3 Å². The molecular formula is C18H24N2O4. The van der Waals surface area contributed by atoms with Gasteiger partial charge in [-0.25, -0.2) is 0 Å². The smallest absolute Gasteiger partial charge is 0.240 e. The maximum Gasteiger partial charge on any atom is 0.240 e. The lowest BCUT2D eigenvalue weighted by Gasteiger charge is -2.17. The zero-order valence-corrected chi connectivity index (χ0v) is 14.6. The molecule has 0 aromatic heterocycles. The van der Waals surface area contributed by atoms with Crippen LogP contribution >= 0.6 is 0 Å². The third-order valence-corrected chi connectivity index (χ3v) is 3.76. The third-order valence-electron chi connectivity index (χ3n) is 3.76. The van der Waals surface area contributed by atoms with Crippen LogP contribution in [0.25, 0.3) is 6.08 Å². The van der Waals surface area contributed by atoms with Gasteiger partial charge < -0.3 is 19.7 Å². The second-order valence-corrected chi connectivity index (χ2v) is 6.12. The van der Waals surface area contributed by atoms with Gasteiger partial charge in [-0.15, -0.1) is 0 Å². The molecule has 2 rings (SSSR count). The van der Waals surface area contributed by atoms with Crippen LogP contribution in [0.4, 0.5) is 0 Å². The van der Waals surface area contributed by atoms with E-state index in [1.54, 1.807) is 26.5 Å². The van der Waals surface area contributed by atoms with E-state index in [0.29, 0.717) is 24.0 Å². The van der Waals surface area contributed by atoms with Crippen molar-refractivity contribution in [1.82, 2.24) is 10.2 Å². The molecule has 24 heavy (non-hydrogen) atoms. The second kappa shape index (κ2) is 7.86. The molecule has 0 fully saturated rings. The van der Waals surface area contributed by atoms with E-state index < -0.39 is 0 Å². The minimum Gasteiger partial charge on any atom is -0.493 e. The van der Waals surface area contributed by atoms with Gasteiger partial charge in [0.1, 0.15) is 6.54 Å². The molecule has 1 aliphatic heterocycles. The van der Waals surface area contributed by atoms with E-state index in [2.05, 4.69) is 5.32 Å². The summed E-state index contributed by atoms with van der Waals surface area (Å²) in [6, 6.07) is 3.64. The quantitative estimate of drug-likeness (QED) is 0.863. The third kappa shape index (κ3) is 4.28. The number of ether oxygens (including phenoxy) is 2. The molecule has 6 nitrogen and oxygen atoms in total. The zero-order chi connectivity index (χ0) is 17.7. The highest BCUT2D eigenvalue weighted by molar-refractivity contribution is 5.89. The fourth-order valence-corrected chi connectivity index (χ4v) is 2.43. The first-order valence-electron chi connectivity index (χ1n) is 7.93. The molecule has 0 saturated heterocycles. The molecule has 6 heteroatoms.